The van der Waals surface area contributed by atoms with Crippen molar-refractivity contribution in [2.45, 2.75) is 32.2 Å². The second-order valence-electron chi connectivity index (χ2n) is 7.18. The molecule has 25 heavy (non-hydrogen) atoms. The molecule has 1 atom stereocenters. The van der Waals surface area contributed by atoms with Crippen molar-refractivity contribution in [3.63, 3.8) is 0 Å². The van der Waals surface area contributed by atoms with Gasteiger partial charge in [-0.05, 0) is 44.9 Å². The molecule has 2 aliphatic heterocycles. The topological polar surface area (TPSA) is 44.8 Å². The summed E-state index contributed by atoms with van der Waals surface area (Å²) in [6.45, 7) is 9.58. The molecule has 2 saturated heterocycles. The highest BCUT2D eigenvalue weighted by Gasteiger charge is 2.26. The molecule has 0 radical (unpaired) electrons. The van der Waals surface area contributed by atoms with Crippen LogP contribution in [0.15, 0.2) is 24.3 Å². The van der Waals surface area contributed by atoms with Gasteiger partial charge in [-0.3, -0.25) is 9.69 Å². The summed E-state index contributed by atoms with van der Waals surface area (Å²) in [4.78, 5) is 17.7. The van der Waals surface area contributed by atoms with Crippen molar-refractivity contribution in [2.24, 2.45) is 0 Å². The second kappa shape index (κ2) is 9.32. The molecule has 2 aliphatic rings. The molecule has 1 unspecified atom stereocenters. The number of ether oxygens (including phenoxy) is 1. The van der Waals surface area contributed by atoms with Crippen LogP contribution in [0.25, 0.3) is 0 Å². The lowest BCUT2D eigenvalue weighted by Crippen LogP contribution is -2.49. The number of hydrogen-bond donors (Lipinski definition) is 1. The van der Waals surface area contributed by atoms with Crippen molar-refractivity contribution in [1.82, 2.24) is 15.1 Å². The average Bonchev–Trinajstić information content (AvgIpc) is 2.66. The Morgan fingerprint density at radius 1 is 1.36 bits per heavy atom. The van der Waals surface area contributed by atoms with E-state index < -0.39 is 0 Å². The van der Waals surface area contributed by atoms with E-state index in [9.17, 15) is 4.79 Å². The first-order valence-electron chi connectivity index (χ1n) is 9.62. The zero-order valence-corrected chi connectivity index (χ0v) is 15.4. The monoisotopic (exact) mass is 345 g/mol. The summed E-state index contributed by atoms with van der Waals surface area (Å²) in [5.74, 6) is 0.180. The van der Waals surface area contributed by atoms with Gasteiger partial charge in [-0.1, -0.05) is 17.7 Å². The predicted octanol–water partition coefficient (Wildman–Crippen LogP) is 1.91. The standard InChI is InChI=1S/C20H31N3O2/c1-17-5-2-6-18(15-17)20(24)23(19-7-3-8-21-16-19)10-4-9-22-11-13-25-14-12-22/h2,5-6,15,19,21H,3-4,7-14,16H2,1H3. The Labute approximate surface area is 151 Å². The van der Waals surface area contributed by atoms with Gasteiger partial charge in [-0.15, -0.1) is 0 Å². The van der Waals surface area contributed by atoms with Gasteiger partial charge >= 0.3 is 0 Å². The number of morpholine rings is 1. The van der Waals surface area contributed by atoms with Crippen LogP contribution >= 0.6 is 0 Å². The molecule has 1 amide bonds. The normalized spacial score (nSPS) is 21.9. The predicted molar refractivity (Wildman–Crippen MR) is 100.0 cm³/mol. The van der Waals surface area contributed by atoms with Gasteiger partial charge in [-0.2, -0.15) is 0 Å². The van der Waals surface area contributed by atoms with Crippen LogP contribution in [0.3, 0.4) is 0 Å². The number of piperidine rings is 1. The highest BCUT2D eigenvalue weighted by Crippen LogP contribution is 2.16. The van der Waals surface area contributed by atoms with Crippen molar-refractivity contribution in [1.29, 1.82) is 0 Å². The van der Waals surface area contributed by atoms with Crippen molar-refractivity contribution < 1.29 is 9.53 Å². The SMILES string of the molecule is Cc1cccc(C(=O)N(CCCN2CCOCC2)C2CCCNC2)c1. The van der Waals surface area contributed by atoms with Crippen LogP contribution in [-0.2, 0) is 4.74 Å². The number of hydrogen-bond acceptors (Lipinski definition) is 4. The molecule has 1 aromatic rings. The Kier molecular flexibility index (Phi) is 6.84. The van der Waals surface area contributed by atoms with Crippen LogP contribution in [0.1, 0.15) is 35.2 Å². The lowest BCUT2D eigenvalue weighted by molar-refractivity contribution is 0.0343. The molecule has 2 heterocycles. The third-order valence-electron chi connectivity index (χ3n) is 5.21. The minimum Gasteiger partial charge on any atom is -0.379 e. The summed E-state index contributed by atoms with van der Waals surface area (Å²) in [5.41, 5.74) is 1.96. The van der Waals surface area contributed by atoms with Crippen LogP contribution in [0.2, 0.25) is 0 Å². The number of nitrogens with one attached hydrogen (secondary N) is 1. The summed E-state index contributed by atoms with van der Waals surface area (Å²) < 4.78 is 5.42. The quantitative estimate of drug-likeness (QED) is 0.855. The molecule has 0 bridgehead atoms. The number of carbonyl (C=O) groups excluding carboxylic acids is 1. The molecule has 3 rings (SSSR count). The number of benzene rings is 1. The van der Waals surface area contributed by atoms with E-state index in [4.69, 9.17) is 4.74 Å². The minimum absolute atomic E-state index is 0.180. The van der Waals surface area contributed by atoms with Crippen molar-refractivity contribution in [3.05, 3.63) is 35.4 Å². The Bertz CT molecular complexity index is 552. The molecule has 0 aromatic heterocycles. The highest BCUT2D eigenvalue weighted by atomic mass is 16.5. The Morgan fingerprint density at radius 3 is 2.92 bits per heavy atom. The number of rotatable bonds is 6. The van der Waals surface area contributed by atoms with Gasteiger partial charge in [0, 0.05) is 44.3 Å². The second-order valence-corrected chi connectivity index (χ2v) is 7.18. The van der Waals surface area contributed by atoms with Gasteiger partial charge in [-0.25, -0.2) is 0 Å². The van der Waals surface area contributed by atoms with Crippen molar-refractivity contribution >= 4 is 5.91 Å². The van der Waals surface area contributed by atoms with Gasteiger partial charge in [0.25, 0.3) is 5.91 Å². The van der Waals surface area contributed by atoms with E-state index in [0.29, 0.717) is 6.04 Å². The van der Waals surface area contributed by atoms with E-state index in [1.807, 2.05) is 31.2 Å². The summed E-state index contributed by atoms with van der Waals surface area (Å²) >= 11 is 0. The molecule has 0 saturated carbocycles. The Hall–Kier alpha value is -1.43. The third kappa shape index (κ3) is 5.27. The fourth-order valence-electron chi connectivity index (χ4n) is 3.78. The number of nitrogens with zero attached hydrogens (tertiary/aromatic N) is 2. The maximum absolute atomic E-state index is 13.1. The summed E-state index contributed by atoms with van der Waals surface area (Å²) in [7, 11) is 0. The van der Waals surface area contributed by atoms with Gasteiger partial charge in [0.05, 0.1) is 13.2 Å². The van der Waals surface area contributed by atoms with Gasteiger partial charge in [0.1, 0.15) is 0 Å². The number of amides is 1. The maximum Gasteiger partial charge on any atom is 0.254 e. The molecule has 5 nitrogen and oxygen atoms in total. The largest absolute Gasteiger partial charge is 0.379 e. The third-order valence-corrected chi connectivity index (χ3v) is 5.21. The van der Waals surface area contributed by atoms with Crippen LogP contribution in [-0.4, -0.2) is 74.2 Å². The molecule has 0 spiro atoms. The molecule has 5 heteroatoms. The van der Waals surface area contributed by atoms with E-state index >= 15 is 0 Å². The first-order valence-corrected chi connectivity index (χ1v) is 9.62. The zero-order chi connectivity index (χ0) is 17.5. The van der Waals surface area contributed by atoms with Crippen molar-refractivity contribution in [2.75, 3.05) is 52.5 Å². The number of carbonyl (C=O) groups is 1. The van der Waals surface area contributed by atoms with E-state index in [0.717, 1.165) is 82.9 Å². The summed E-state index contributed by atoms with van der Waals surface area (Å²) in [6.07, 6.45) is 3.27. The van der Waals surface area contributed by atoms with Gasteiger partial charge in [0.15, 0.2) is 0 Å². The molecule has 2 fully saturated rings. The number of aryl methyl sites for hydroxylation is 1. The van der Waals surface area contributed by atoms with Gasteiger partial charge in [0.2, 0.25) is 0 Å². The maximum atomic E-state index is 13.1. The molecule has 0 aliphatic carbocycles. The van der Waals surface area contributed by atoms with Crippen LogP contribution in [0.4, 0.5) is 0 Å². The first kappa shape index (κ1) is 18.4. The Balaban J connectivity index is 1.62. The van der Waals surface area contributed by atoms with Crippen molar-refractivity contribution in [3.8, 4) is 0 Å². The van der Waals surface area contributed by atoms with Crippen LogP contribution in [0.5, 0.6) is 0 Å². The molecular formula is C20H31N3O2. The van der Waals surface area contributed by atoms with E-state index in [-0.39, 0.29) is 5.91 Å². The van der Waals surface area contributed by atoms with Crippen LogP contribution < -0.4 is 5.32 Å². The van der Waals surface area contributed by atoms with Gasteiger partial charge < -0.3 is 15.0 Å². The lowest BCUT2D eigenvalue weighted by Gasteiger charge is -2.36. The fourth-order valence-corrected chi connectivity index (χ4v) is 3.78. The fraction of sp³-hybridized carbons (Fsp3) is 0.650. The zero-order valence-electron chi connectivity index (χ0n) is 15.4. The smallest absolute Gasteiger partial charge is 0.254 e. The minimum atomic E-state index is 0.180. The van der Waals surface area contributed by atoms with E-state index in [1.165, 1.54) is 0 Å². The lowest BCUT2D eigenvalue weighted by atomic mass is 10.0. The molecule has 1 aromatic carbocycles. The average molecular weight is 345 g/mol. The van der Waals surface area contributed by atoms with E-state index in [2.05, 4.69) is 15.1 Å². The van der Waals surface area contributed by atoms with Crippen LogP contribution in [0, 0.1) is 6.92 Å². The summed E-state index contributed by atoms with van der Waals surface area (Å²) in [6, 6.07) is 8.29. The molecular weight excluding hydrogens is 314 g/mol. The highest BCUT2D eigenvalue weighted by molar-refractivity contribution is 5.94. The Morgan fingerprint density at radius 2 is 2.20 bits per heavy atom. The molecule has 1 N–H and O–H groups in total. The first-order chi connectivity index (χ1) is 12.2. The van der Waals surface area contributed by atoms with E-state index in [1.54, 1.807) is 0 Å². The summed E-state index contributed by atoms with van der Waals surface area (Å²) in [5, 5.41) is 3.45. The molecule has 138 valence electrons.